The van der Waals surface area contributed by atoms with Crippen molar-refractivity contribution < 1.29 is 28.6 Å². The third-order valence-corrected chi connectivity index (χ3v) is 2.39. The van der Waals surface area contributed by atoms with Gasteiger partial charge in [0.1, 0.15) is 11.8 Å². The van der Waals surface area contributed by atoms with Crippen molar-refractivity contribution in [3.8, 4) is 5.75 Å². The van der Waals surface area contributed by atoms with E-state index in [2.05, 4.69) is 4.74 Å². The van der Waals surface area contributed by atoms with Crippen molar-refractivity contribution in [2.75, 3.05) is 13.2 Å². The Hall–Kier alpha value is -2.31. The maximum atomic E-state index is 12.1. The smallest absolute Gasteiger partial charge is 0.375 e. The molecule has 1 heterocycles. The molecule has 0 saturated carbocycles. The number of hydrogen-bond acceptors (Lipinski definition) is 6. The van der Waals surface area contributed by atoms with E-state index in [1.807, 2.05) is 6.92 Å². The molecule has 0 amide bonds. The van der Waals surface area contributed by atoms with E-state index in [0.29, 0.717) is 6.42 Å². The van der Waals surface area contributed by atoms with Crippen molar-refractivity contribution >= 4 is 11.9 Å². The Morgan fingerprint density at radius 1 is 1.35 bits per heavy atom. The van der Waals surface area contributed by atoms with Crippen LogP contribution in [0.1, 0.15) is 47.6 Å². The summed E-state index contributed by atoms with van der Waals surface area (Å²) in [5, 5.41) is 8.95. The predicted octanol–water partition coefficient (Wildman–Crippen LogP) is 1.69. The molecule has 7 heteroatoms. The number of unbranched alkanes of at least 4 members (excludes halogenated alkanes) is 1. The lowest BCUT2D eigenvalue weighted by Gasteiger charge is -2.08. The van der Waals surface area contributed by atoms with Crippen LogP contribution >= 0.6 is 0 Å². The second-order valence-electron chi connectivity index (χ2n) is 3.86. The number of carbonyl (C=O) groups is 2. The summed E-state index contributed by atoms with van der Waals surface area (Å²) in [4.78, 5) is 34.6. The Bertz CT molecular complexity index is 544. The van der Waals surface area contributed by atoms with E-state index in [1.165, 1.54) is 0 Å². The van der Waals surface area contributed by atoms with Crippen molar-refractivity contribution in [2.45, 2.75) is 26.7 Å². The zero-order valence-corrected chi connectivity index (χ0v) is 11.3. The first-order valence-electron chi connectivity index (χ1n) is 6.21. The van der Waals surface area contributed by atoms with Gasteiger partial charge in [-0.3, -0.25) is 4.79 Å². The Kier molecular flexibility index (Phi) is 5.76. The van der Waals surface area contributed by atoms with Crippen molar-refractivity contribution in [1.82, 2.24) is 0 Å². The van der Waals surface area contributed by atoms with Crippen LogP contribution in [-0.2, 0) is 4.74 Å². The third kappa shape index (κ3) is 3.59. The largest absolute Gasteiger partial charge is 0.486 e. The van der Waals surface area contributed by atoms with Crippen LogP contribution in [-0.4, -0.2) is 30.3 Å². The summed E-state index contributed by atoms with van der Waals surface area (Å²) < 4.78 is 14.6. The van der Waals surface area contributed by atoms with Crippen LogP contribution in [0.2, 0.25) is 0 Å². The second kappa shape index (κ2) is 7.32. The number of carboxylic acid groups (broad SMARTS) is 1. The second-order valence-corrected chi connectivity index (χ2v) is 3.86. The molecule has 0 spiro atoms. The van der Waals surface area contributed by atoms with E-state index in [-0.39, 0.29) is 18.8 Å². The zero-order chi connectivity index (χ0) is 15.1. The fourth-order valence-corrected chi connectivity index (χ4v) is 1.40. The molecule has 1 rings (SSSR count). The van der Waals surface area contributed by atoms with Gasteiger partial charge in [-0.25, -0.2) is 9.59 Å². The van der Waals surface area contributed by atoms with Crippen LogP contribution in [0, 0.1) is 0 Å². The van der Waals surface area contributed by atoms with Gasteiger partial charge in [0.2, 0.25) is 11.2 Å². The quantitative estimate of drug-likeness (QED) is 0.600. The molecule has 0 aliphatic carbocycles. The van der Waals surface area contributed by atoms with Crippen molar-refractivity contribution in [3.05, 3.63) is 27.8 Å². The van der Waals surface area contributed by atoms with E-state index in [9.17, 15) is 14.4 Å². The summed E-state index contributed by atoms with van der Waals surface area (Å²) in [5.74, 6) is -3.42. The number of hydrogen-bond donors (Lipinski definition) is 1. The number of carbonyl (C=O) groups excluding carboxylic acids is 1. The average Bonchev–Trinajstić information content (AvgIpc) is 2.40. The Morgan fingerprint density at radius 2 is 2.05 bits per heavy atom. The molecular formula is C13H16O7. The highest BCUT2D eigenvalue weighted by atomic mass is 16.5. The van der Waals surface area contributed by atoms with Gasteiger partial charge in [0.25, 0.3) is 5.76 Å². The molecule has 110 valence electrons. The number of aromatic carboxylic acids is 1. The van der Waals surface area contributed by atoms with Crippen LogP contribution in [0.25, 0.3) is 0 Å². The summed E-state index contributed by atoms with van der Waals surface area (Å²) in [6.45, 7) is 3.75. The highest BCUT2D eigenvalue weighted by Gasteiger charge is 2.24. The fraction of sp³-hybridized carbons (Fsp3) is 0.462. The van der Waals surface area contributed by atoms with Gasteiger partial charge in [-0.1, -0.05) is 13.3 Å². The lowest BCUT2D eigenvalue weighted by Crippen LogP contribution is -2.22. The lowest BCUT2D eigenvalue weighted by atomic mass is 10.2. The number of rotatable bonds is 7. The molecule has 0 bridgehead atoms. The number of esters is 1. The number of ether oxygens (including phenoxy) is 2. The Labute approximate surface area is 115 Å². The third-order valence-electron chi connectivity index (χ3n) is 2.39. The van der Waals surface area contributed by atoms with Crippen LogP contribution in [0.4, 0.5) is 0 Å². The van der Waals surface area contributed by atoms with E-state index in [1.54, 1.807) is 6.92 Å². The standard InChI is InChI=1S/C13H16O7/c1-3-5-6-19-10-9(14)8(13(17)18-4-2)7-20-11(10)12(15)16/h7H,3-6H2,1-2H3,(H,15,16). The first kappa shape index (κ1) is 15.7. The van der Waals surface area contributed by atoms with E-state index < -0.39 is 28.9 Å². The van der Waals surface area contributed by atoms with Crippen LogP contribution < -0.4 is 10.2 Å². The predicted molar refractivity (Wildman–Crippen MR) is 68.3 cm³/mol. The minimum absolute atomic E-state index is 0.0883. The fourth-order valence-electron chi connectivity index (χ4n) is 1.40. The summed E-state index contributed by atoms with van der Waals surface area (Å²) in [5.41, 5.74) is -1.23. The summed E-state index contributed by atoms with van der Waals surface area (Å²) >= 11 is 0. The van der Waals surface area contributed by atoms with Gasteiger partial charge in [-0.2, -0.15) is 0 Å². The highest BCUT2D eigenvalue weighted by molar-refractivity contribution is 5.92. The van der Waals surface area contributed by atoms with Gasteiger partial charge in [-0.15, -0.1) is 0 Å². The summed E-state index contributed by atoms with van der Waals surface area (Å²) in [7, 11) is 0. The van der Waals surface area contributed by atoms with Gasteiger partial charge in [0.05, 0.1) is 13.2 Å². The highest BCUT2D eigenvalue weighted by Crippen LogP contribution is 2.16. The first-order chi connectivity index (χ1) is 9.52. The minimum atomic E-state index is -1.44. The molecule has 0 aromatic carbocycles. The van der Waals surface area contributed by atoms with Crippen LogP contribution in [0.15, 0.2) is 15.5 Å². The molecule has 20 heavy (non-hydrogen) atoms. The van der Waals surface area contributed by atoms with E-state index in [4.69, 9.17) is 14.3 Å². The normalized spacial score (nSPS) is 10.1. The first-order valence-corrected chi connectivity index (χ1v) is 6.21. The molecule has 7 nitrogen and oxygen atoms in total. The maximum Gasteiger partial charge on any atom is 0.375 e. The van der Waals surface area contributed by atoms with Gasteiger partial charge in [0, 0.05) is 0 Å². The average molecular weight is 284 g/mol. The van der Waals surface area contributed by atoms with Gasteiger partial charge in [0.15, 0.2) is 0 Å². The van der Waals surface area contributed by atoms with Gasteiger partial charge >= 0.3 is 11.9 Å². The van der Waals surface area contributed by atoms with Crippen LogP contribution in [0.5, 0.6) is 5.75 Å². The molecule has 1 N–H and O–H groups in total. The topological polar surface area (TPSA) is 103 Å². The summed E-state index contributed by atoms with van der Waals surface area (Å²) in [6.07, 6.45) is 2.23. The van der Waals surface area contributed by atoms with E-state index in [0.717, 1.165) is 12.7 Å². The summed E-state index contributed by atoms with van der Waals surface area (Å²) in [6, 6.07) is 0. The Balaban J connectivity index is 3.20. The van der Waals surface area contributed by atoms with Gasteiger partial charge < -0.3 is 19.0 Å². The molecule has 0 saturated heterocycles. The molecule has 0 radical (unpaired) electrons. The molecule has 0 unspecified atom stereocenters. The number of carboxylic acids is 1. The Morgan fingerprint density at radius 3 is 2.60 bits per heavy atom. The monoisotopic (exact) mass is 284 g/mol. The molecule has 1 aromatic rings. The lowest BCUT2D eigenvalue weighted by molar-refractivity contribution is 0.0515. The maximum absolute atomic E-state index is 12.1. The van der Waals surface area contributed by atoms with Gasteiger partial charge in [-0.05, 0) is 13.3 Å². The molecule has 1 aromatic heterocycles. The molecule has 0 fully saturated rings. The minimum Gasteiger partial charge on any atom is -0.486 e. The molecule has 0 aliphatic rings. The SMILES string of the molecule is CCCCOc1c(C(=O)O)occ(C(=O)OCC)c1=O. The van der Waals surface area contributed by atoms with E-state index >= 15 is 0 Å². The molecular weight excluding hydrogens is 268 g/mol. The van der Waals surface area contributed by atoms with Crippen molar-refractivity contribution in [3.63, 3.8) is 0 Å². The molecule has 0 aliphatic heterocycles. The van der Waals surface area contributed by atoms with Crippen LogP contribution in [0.3, 0.4) is 0 Å². The van der Waals surface area contributed by atoms with Crippen molar-refractivity contribution in [1.29, 1.82) is 0 Å². The van der Waals surface area contributed by atoms with Crippen molar-refractivity contribution in [2.24, 2.45) is 0 Å². The zero-order valence-electron chi connectivity index (χ0n) is 11.3. The molecule has 0 atom stereocenters.